The molecule has 0 bridgehead atoms. The zero-order chi connectivity index (χ0) is 16.3. The van der Waals surface area contributed by atoms with Crippen molar-refractivity contribution in [1.82, 2.24) is 4.90 Å². The second-order valence-electron chi connectivity index (χ2n) is 4.55. The third-order valence-corrected chi connectivity index (χ3v) is 4.05. The van der Waals surface area contributed by atoms with Crippen LogP contribution in [0.3, 0.4) is 0 Å². The van der Waals surface area contributed by atoms with Crippen molar-refractivity contribution in [2.75, 3.05) is 13.4 Å². The Bertz CT molecular complexity index is 655. The Morgan fingerprint density at radius 3 is 2.59 bits per heavy atom. The Morgan fingerprint density at radius 1 is 1.41 bits per heavy atom. The lowest BCUT2D eigenvalue weighted by atomic mass is 10.2. The number of amidine groups is 1. The molecule has 1 atom stereocenters. The Balaban J connectivity index is 2.32. The fourth-order valence-electron chi connectivity index (χ4n) is 1.99. The van der Waals surface area contributed by atoms with Gasteiger partial charge in [-0.05, 0) is 37.0 Å². The number of benzene rings is 1. The molecule has 2 rings (SSSR count). The Morgan fingerprint density at radius 2 is 2.05 bits per heavy atom. The van der Waals surface area contributed by atoms with Gasteiger partial charge in [-0.1, -0.05) is 35.5 Å². The highest BCUT2D eigenvalue weighted by atomic mass is 35.5. The fraction of sp³-hybridized carbons (Fsp3) is 0.267. The first kappa shape index (κ1) is 16.6. The zero-order valence-corrected chi connectivity index (χ0v) is 13.9. The maximum atomic E-state index is 12.5. The molecule has 7 heteroatoms. The van der Waals surface area contributed by atoms with Gasteiger partial charge in [0, 0.05) is 5.02 Å². The normalized spacial score (nSPS) is 17.6. The van der Waals surface area contributed by atoms with Crippen LogP contribution in [-0.2, 0) is 14.3 Å². The molecule has 0 fully saturated rings. The largest absolute Gasteiger partial charge is 0.467 e. The first-order chi connectivity index (χ1) is 10.5. The molecule has 0 spiro atoms. The number of methoxy groups -OCH3 is 1. The van der Waals surface area contributed by atoms with Gasteiger partial charge in [0.1, 0.15) is 11.7 Å². The summed E-state index contributed by atoms with van der Waals surface area (Å²) in [5, 5.41) is 1.09. The summed E-state index contributed by atoms with van der Waals surface area (Å²) < 4.78 is 4.70. The lowest BCUT2D eigenvalue weighted by molar-refractivity contribution is -0.147. The lowest BCUT2D eigenvalue weighted by Crippen LogP contribution is -2.43. The summed E-state index contributed by atoms with van der Waals surface area (Å²) in [6.45, 7) is 1.61. The molecule has 0 radical (unpaired) electrons. The number of nitrogens with zero attached hydrogens (tertiary/aromatic N) is 2. The molecule has 22 heavy (non-hydrogen) atoms. The van der Waals surface area contributed by atoms with E-state index < -0.39 is 12.0 Å². The van der Waals surface area contributed by atoms with Crippen LogP contribution in [0.2, 0.25) is 5.02 Å². The minimum Gasteiger partial charge on any atom is -0.467 e. The Labute approximate surface area is 138 Å². The summed E-state index contributed by atoms with van der Waals surface area (Å²) in [4.78, 5) is 29.8. The molecule has 0 N–H and O–H groups in total. The van der Waals surface area contributed by atoms with E-state index in [1.54, 1.807) is 43.5 Å². The third kappa shape index (κ3) is 3.34. The molecule has 1 amide bonds. The van der Waals surface area contributed by atoms with Crippen LogP contribution in [0.4, 0.5) is 0 Å². The molecular weight excluding hydrogens is 324 g/mol. The van der Waals surface area contributed by atoms with E-state index in [1.807, 2.05) is 0 Å². The monoisotopic (exact) mass is 338 g/mol. The number of hydrogen-bond donors (Lipinski definition) is 0. The summed E-state index contributed by atoms with van der Waals surface area (Å²) in [6, 6.07) is 6.34. The number of thioether (sulfide) groups is 1. The third-order valence-electron chi connectivity index (χ3n) is 3.15. The van der Waals surface area contributed by atoms with Gasteiger partial charge in [0.2, 0.25) is 0 Å². The van der Waals surface area contributed by atoms with Crippen LogP contribution >= 0.6 is 23.4 Å². The number of hydrogen-bond acceptors (Lipinski definition) is 5. The highest BCUT2D eigenvalue weighted by Gasteiger charge is 2.37. The van der Waals surface area contributed by atoms with Crippen molar-refractivity contribution in [1.29, 1.82) is 0 Å². The van der Waals surface area contributed by atoms with Gasteiger partial charge in [0.15, 0.2) is 5.17 Å². The van der Waals surface area contributed by atoms with E-state index in [2.05, 4.69) is 4.99 Å². The SMILES string of the molecule is COC(=O)[C@H](C)N1C(=O)/C(=C/c2ccc(Cl)cc2)N=C1SC. The molecule has 116 valence electrons. The van der Waals surface area contributed by atoms with E-state index in [0.717, 1.165) is 5.56 Å². The summed E-state index contributed by atoms with van der Waals surface area (Å²) in [5.74, 6) is -0.806. The van der Waals surface area contributed by atoms with Crippen LogP contribution in [0.25, 0.3) is 6.08 Å². The first-order valence-corrected chi connectivity index (χ1v) is 8.09. The van der Waals surface area contributed by atoms with Gasteiger partial charge in [-0.2, -0.15) is 0 Å². The van der Waals surface area contributed by atoms with Gasteiger partial charge >= 0.3 is 5.97 Å². The summed E-state index contributed by atoms with van der Waals surface area (Å²) in [7, 11) is 1.29. The van der Waals surface area contributed by atoms with Crippen LogP contribution in [0.5, 0.6) is 0 Å². The van der Waals surface area contributed by atoms with Crippen molar-refractivity contribution in [2.24, 2.45) is 4.99 Å². The number of aliphatic imine (C=N–C) groups is 1. The van der Waals surface area contributed by atoms with Crippen molar-refractivity contribution < 1.29 is 14.3 Å². The fourth-order valence-corrected chi connectivity index (χ4v) is 2.74. The highest BCUT2D eigenvalue weighted by molar-refractivity contribution is 8.13. The van der Waals surface area contributed by atoms with E-state index in [4.69, 9.17) is 16.3 Å². The van der Waals surface area contributed by atoms with Crippen LogP contribution in [0.1, 0.15) is 12.5 Å². The van der Waals surface area contributed by atoms with Gasteiger partial charge in [-0.3, -0.25) is 9.69 Å². The van der Waals surface area contributed by atoms with E-state index in [9.17, 15) is 9.59 Å². The lowest BCUT2D eigenvalue weighted by Gasteiger charge is -2.22. The molecule has 1 aliphatic rings. The molecule has 0 saturated heterocycles. The van der Waals surface area contributed by atoms with Gasteiger partial charge in [-0.25, -0.2) is 9.79 Å². The van der Waals surface area contributed by atoms with Gasteiger partial charge in [0.05, 0.1) is 7.11 Å². The number of amides is 1. The molecule has 1 aliphatic heterocycles. The van der Waals surface area contributed by atoms with E-state index in [-0.39, 0.29) is 11.6 Å². The maximum absolute atomic E-state index is 12.5. The first-order valence-electron chi connectivity index (χ1n) is 6.49. The minimum absolute atomic E-state index is 0.280. The van der Waals surface area contributed by atoms with E-state index in [0.29, 0.717) is 10.2 Å². The van der Waals surface area contributed by atoms with Crippen molar-refractivity contribution >= 4 is 46.5 Å². The quantitative estimate of drug-likeness (QED) is 0.628. The van der Waals surface area contributed by atoms with Crippen molar-refractivity contribution in [3.05, 3.63) is 40.5 Å². The summed E-state index contributed by atoms with van der Waals surface area (Å²) in [6.07, 6.45) is 3.47. The van der Waals surface area contributed by atoms with E-state index in [1.165, 1.54) is 23.8 Å². The predicted octanol–water partition coefficient (Wildman–Crippen LogP) is 2.80. The van der Waals surface area contributed by atoms with Gasteiger partial charge in [0.25, 0.3) is 5.91 Å². The van der Waals surface area contributed by atoms with Crippen molar-refractivity contribution in [3.63, 3.8) is 0 Å². The average Bonchev–Trinajstić information content (AvgIpc) is 2.84. The van der Waals surface area contributed by atoms with E-state index >= 15 is 0 Å². The van der Waals surface area contributed by atoms with Crippen molar-refractivity contribution in [3.8, 4) is 0 Å². The predicted molar refractivity (Wildman–Crippen MR) is 88.7 cm³/mol. The Hall–Kier alpha value is -1.79. The van der Waals surface area contributed by atoms with Crippen LogP contribution in [-0.4, -0.2) is 41.4 Å². The van der Waals surface area contributed by atoms with Crippen LogP contribution in [0.15, 0.2) is 35.0 Å². The molecule has 0 aliphatic carbocycles. The number of carbonyl (C=O) groups is 2. The highest BCUT2D eigenvalue weighted by Crippen LogP contribution is 2.25. The average molecular weight is 339 g/mol. The Kier molecular flexibility index (Phi) is 5.26. The zero-order valence-electron chi connectivity index (χ0n) is 12.4. The van der Waals surface area contributed by atoms with Crippen LogP contribution < -0.4 is 0 Å². The number of carbonyl (C=O) groups excluding carboxylic acids is 2. The molecule has 0 saturated carbocycles. The van der Waals surface area contributed by atoms with Gasteiger partial charge in [-0.15, -0.1) is 0 Å². The molecule has 0 aromatic heterocycles. The summed E-state index contributed by atoms with van der Waals surface area (Å²) in [5.41, 5.74) is 1.09. The number of ether oxygens (including phenoxy) is 1. The molecule has 1 aromatic rings. The number of halogens is 1. The molecule has 1 aromatic carbocycles. The van der Waals surface area contributed by atoms with Gasteiger partial charge < -0.3 is 4.74 Å². The smallest absolute Gasteiger partial charge is 0.328 e. The number of esters is 1. The molecular formula is C15H15ClN2O3S. The molecule has 0 unspecified atom stereocenters. The second kappa shape index (κ2) is 6.98. The molecule has 5 nitrogen and oxygen atoms in total. The second-order valence-corrected chi connectivity index (χ2v) is 5.76. The van der Waals surface area contributed by atoms with Crippen LogP contribution in [0, 0.1) is 0 Å². The topological polar surface area (TPSA) is 59.0 Å². The number of rotatable bonds is 3. The van der Waals surface area contributed by atoms with Crippen molar-refractivity contribution in [2.45, 2.75) is 13.0 Å². The molecule has 1 heterocycles. The minimum atomic E-state index is -0.722. The maximum Gasteiger partial charge on any atom is 0.328 e. The summed E-state index contributed by atoms with van der Waals surface area (Å²) >= 11 is 7.14. The standard InChI is InChI=1S/C15H15ClN2O3S/c1-9(14(20)21-2)18-13(19)12(17-15(18)22-3)8-10-4-6-11(16)7-5-10/h4-9H,1-3H3/b12-8-/t9-/m0/s1.